The van der Waals surface area contributed by atoms with Gasteiger partial charge in [-0.3, -0.25) is 19.3 Å². The van der Waals surface area contributed by atoms with Crippen molar-refractivity contribution in [2.45, 2.75) is 32.6 Å². The van der Waals surface area contributed by atoms with E-state index in [1.165, 1.54) is 23.8 Å². The van der Waals surface area contributed by atoms with Gasteiger partial charge in [-0.05, 0) is 50.0 Å². The van der Waals surface area contributed by atoms with Crippen molar-refractivity contribution in [1.29, 1.82) is 0 Å². The van der Waals surface area contributed by atoms with Gasteiger partial charge in [0.05, 0.1) is 25.0 Å². The van der Waals surface area contributed by atoms with Gasteiger partial charge in [0.1, 0.15) is 4.32 Å². The molecule has 178 valence electrons. The van der Waals surface area contributed by atoms with Crippen LogP contribution in [-0.2, 0) is 19.1 Å². The van der Waals surface area contributed by atoms with Crippen molar-refractivity contribution >= 4 is 52.2 Å². The third kappa shape index (κ3) is 6.70. The minimum atomic E-state index is -0.399. The largest absolute Gasteiger partial charge is 0.490 e. The molecule has 0 N–H and O–H groups in total. The molecule has 1 aromatic carbocycles. The number of hydrogen-bond acceptors (Lipinski definition) is 8. The van der Waals surface area contributed by atoms with Crippen LogP contribution in [0.1, 0.15) is 38.2 Å². The first-order valence-corrected chi connectivity index (χ1v) is 12.1. The molecule has 8 nitrogen and oxygen atoms in total. The smallest absolute Gasteiger partial charge is 0.307 e. The van der Waals surface area contributed by atoms with E-state index in [0.29, 0.717) is 27.3 Å². The zero-order valence-corrected chi connectivity index (χ0v) is 20.5. The Kier molecular flexibility index (Phi) is 9.13. The first-order chi connectivity index (χ1) is 15.9. The molecular weight excluding hydrogens is 464 g/mol. The van der Waals surface area contributed by atoms with Crippen molar-refractivity contribution in [2.75, 3.05) is 40.0 Å². The summed E-state index contributed by atoms with van der Waals surface area (Å²) in [5, 5.41) is 0. The number of rotatable bonds is 9. The second-order valence-corrected chi connectivity index (χ2v) is 9.20. The average Bonchev–Trinajstić information content (AvgIpc) is 3.09. The molecule has 2 fully saturated rings. The summed E-state index contributed by atoms with van der Waals surface area (Å²) in [7, 11) is 1.31. The molecule has 0 bridgehead atoms. The molecular formula is C23H28N2O6S2. The van der Waals surface area contributed by atoms with Gasteiger partial charge in [0.15, 0.2) is 18.1 Å². The van der Waals surface area contributed by atoms with Crippen LogP contribution in [0.5, 0.6) is 11.5 Å². The summed E-state index contributed by atoms with van der Waals surface area (Å²) in [4.78, 5) is 40.2. The number of methoxy groups -OCH3 is 1. The standard InChI is InChI=1S/C23H28N2O6S2/c1-3-30-18-13-16(7-8-17(18)31-15-20(26)24-10-5-4-6-11-24)14-19-22(28)25(23(32)33-19)12-9-21(27)29-2/h7-8,13-14H,3-6,9-12,15H2,1-2H3/b19-14+. The maximum absolute atomic E-state index is 12.7. The van der Waals surface area contributed by atoms with Gasteiger partial charge in [0.2, 0.25) is 0 Å². The van der Waals surface area contributed by atoms with Crippen LogP contribution >= 0.6 is 24.0 Å². The summed E-state index contributed by atoms with van der Waals surface area (Å²) < 4.78 is 16.5. The first kappa shape index (κ1) is 25.0. The van der Waals surface area contributed by atoms with E-state index in [2.05, 4.69) is 4.74 Å². The highest BCUT2D eigenvalue weighted by molar-refractivity contribution is 8.26. The van der Waals surface area contributed by atoms with Crippen LogP contribution in [-0.4, -0.2) is 71.9 Å². The number of benzene rings is 1. The molecule has 3 rings (SSSR count). The molecule has 2 saturated heterocycles. The molecule has 0 spiro atoms. The van der Waals surface area contributed by atoms with Gasteiger partial charge in [-0.1, -0.05) is 30.0 Å². The van der Waals surface area contributed by atoms with E-state index in [0.717, 1.165) is 37.9 Å². The number of carbonyl (C=O) groups is 3. The zero-order chi connectivity index (χ0) is 23.8. The molecule has 1 aromatic rings. The molecule has 0 saturated carbocycles. The molecule has 0 unspecified atom stereocenters. The van der Waals surface area contributed by atoms with Crippen LogP contribution in [0.2, 0.25) is 0 Å². The summed E-state index contributed by atoms with van der Waals surface area (Å²) in [5.41, 5.74) is 0.738. The molecule has 2 aliphatic heterocycles. The lowest BCUT2D eigenvalue weighted by Gasteiger charge is -2.26. The van der Waals surface area contributed by atoms with Gasteiger partial charge in [-0.2, -0.15) is 0 Å². The molecule has 2 heterocycles. The number of piperidine rings is 1. The van der Waals surface area contributed by atoms with Gasteiger partial charge in [-0.25, -0.2) is 0 Å². The third-order valence-electron chi connectivity index (χ3n) is 5.27. The average molecular weight is 493 g/mol. The first-order valence-electron chi connectivity index (χ1n) is 10.9. The van der Waals surface area contributed by atoms with Crippen molar-refractivity contribution in [3.63, 3.8) is 0 Å². The molecule has 0 aliphatic carbocycles. The number of amides is 2. The highest BCUT2D eigenvalue weighted by Gasteiger charge is 2.32. The lowest BCUT2D eigenvalue weighted by atomic mass is 10.1. The monoisotopic (exact) mass is 492 g/mol. The van der Waals surface area contributed by atoms with Gasteiger partial charge in [0.25, 0.3) is 11.8 Å². The van der Waals surface area contributed by atoms with E-state index < -0.39 is 5.97 Å². The molecule has 33 heavy (non-hydrogen) atoms. The molecule has 10 heteroatoms. The number of hydrogen-bond donors (Lipinski definition) is 0. The minimum absolute atomic E-state index is 0.0307. The second-order valence-electron chi connectivity index (χ2n) is 7.53. The molecule has 0 atom stereocenters. The Labute approximate surface area is 203 Å². The van der Waals surface area contributed by atoms with E-state index >= 15 is 0 Å². The van der Waals surface area contributed by atoms with Crippen LogP contribution in [0.15, 0.2) is 23.1 Å². The maximum Gasteiger partial charge on any atom is 0.307 e. The molecule has 0 radical (unpaired) electrons. The summed E-state index contributed by atoms with van der Waals surface area (Å²) >= 11 is 6.48. The predicted octanol–water partition coefficient (Wildman–Crippen LogP) is 3.24. The Balaban J connectivity index is 1.68. The van der Waals surface area contributed by atoms with Crippen LogP contribution in [0.3, 0.4) is 0 Å². The second kappa shape index (κ2) is 12.0. The minimum Gasteiger partial charge on any atom is -0.490 e. The van der Waals surface area contributed by atoms with Crippen molar-refractivity contribution in [3.05, 3.63) is 28.7 Å². The highest BCUT2D eigenvalue weighted by atomic mass is 32.2. The van der Waals surface area contributed by atoms with E-state index in [-0.39, 0.29) is 31.4 Å². The lowest BCUT2D eigenvalue weighted by molar-refractivity contribution is -0.141. The topological polar surface area (TPSA) is 85.4 Å². The van der Waals surface area contributed by atoms with Crippen molar-refractivity contribution in [3.8, 4) is 11.5 Å². The fraction of sp³-hybridized carbons (Fsp3) is 0.478. The molecule has 2 aliphatic rings. The Morgan fingerprint density at radius 2 is 1.91 bits per heavy atom. The number of thiocarbonyl (C=S) groups is 1. The number of carbonyl (C=O) groups excluding carboxylic acids is 3. The summed E-state index contributed by atoms with van der Waals surface area (Å²) in [6.45, 7) is 3.97. The maximum atomic E-state index is 12.7. The van der Waals surface area contributed by atoms with Crippen LogP contribution in [0.25, 0.3) is 6.08 Å². The van der Waals surface area contributed by atoms with Crippen molar-refractivity contribution < 1.29 is 28.6 Å². The van der Waals surface area contributed by atoms with Crippen molar-refractivity contribution in [2.24, 2.45) is 0 Å². The summed E-state index contributed by atoms with van der Waals surface area (Å²) in [5.74, 6) is 0.295. The third-order valence-corrected chi connectivity index (χ3v) is 6.64. The Morgan fingerprint density at radius 1 is 1.15 bits per heavy atom. The van der Waals surface area contributed by atoms with E-state index in [9.17, 15) is 14.4 Å². The zero-order valence-electron chi connectivity index (χ0n) is 18.8. The Hall–Kier alpha value is -2.59. The van der Waals surface area contributed by atoms with Crippen molar-refractivity contribution in [1.82, 2.24) is 9.80 Å². The molecule has 2 amide bonds. The normalized spacial score (nSPS) is 17.5. The quantitative estimate of drug-likeness (QED) is 0.295. The van der Waals surface area contributed by atoms with Crippen LogP contribution in [0, 0.1) is 0 Å². The number of likely N-dealkylation sites (tertiary alicyclic amines) is 1. The highest BCUT2D eigenvalue weighted by Crippen LogP contribution is 2.35. The van der Waals surface area contributed by atoms with E-state index in [4.69, 9.17) is 21.7 Å². The fourth-order valence-corrected chi connectivity index (χ4v) is 4.83. The van der Waals surface area contributed by atoms with E-state index in [1.54, 1.807) is 24.3 Å². The Bertz CT molecular complexity index is 943. The van der Waals surface area contributed by atoms with Gasteiger partial charge in [0, 0.05) is 19.6 Å². The van der Waals surface area contributed by atoms with Crippen LogP contribution < -0.4 is 9.47 Å². The van der Waals surface area contributed by atoms with Gasteiger partial charge in [-0.15, -0.1) is 0 Å². The predicted molar refractivity (Wildman–Crippen MR) is 130 cm³/mol. The SMILES string of the molecule is CCOc1cc(/C=C2/SC(=S)N(CCC(=O)OC)C2=O)ccc1OCC(=O)N1CCCCC1. The number of nitrogens with zero attached hydrogens (tertiary/aromatic N) is 2. The summed E-state index contributed by atoms with van der Waals surface area (Å²) in [6, 6.07) is 5.30. The van der Waals surface area contributed by atoms with Gasteiger partial charge >= 0.3 is 5.97 Å². The lowest BCUT2D eigenvalue weighted by Crippen LogP contribution is -2.38. The fourth-order valence-electron chi connectivity index (χ4n) is 3.53. The number of ether oxygens (including phenoxy) is 3. The number of esters is 1. The van der Waals surface area contributed by atoms with E-state index in [1.807, 2.05) is 11.8 Å². The summed E-state index contributed by atoms with van der Waals surface area (Å²) in [6.07, 6.45) is 5.01. The molecule has 0 aromatic heterocycles. The number of thioether (sulfide) groups is 1. The van der Waals surface area contributed by atoms with Gasteiger partial charge < -0.3 is 19.1 Å². The van der Waals surface area contributed by atoms with Crippen LogP contribution in [0.4, 0.5) is 0 Å². The Morgan fingerprint density at radius 3 is 2.61 bits per heavy atom.